The number of nitrogen functional groups attached to an aromatic ring is 1. The molecule has 0 spiro atoms. The van der Waals surface area contributed by atoms with Crippen molar-refractivity contribution in [2.75, 3.05) is 11.5 Å². The van der Waals surface area contributed by atoms with Gasteiger partial charge in [-0.05, 0) is 36.6 Å². The molecular weight excluding hydrogens is 190 g/mol. The summed E-state index contributed by atoms with van der Waals surface area (Å²) in [5.74, 6) is 1.98. The maximum Gasteiger partial charge on any atom is 0.0317 e. The standard InChI is InChI=1S/C12H19NS/c1-4-9(2)8-14-12-6-5-11(13)7-10(12)3/h5-7,9H,4,8,13H2,1-3H3. The Morgan fingerprint density at radius 1 is 1.43 bits per heavy atom. The van der Waals surface area contributed by atoms with E-state index in [0.29, 0.717) is 0 Å². The Labute approximate surface area is 91.1 Å². The summed E-state index contributed by atoms with van der Waals surface area (Å²) in [6.45, 7) is 6.65. The normalized spacial score (nSPS) is 12.8. The lowest BCUT2D eigenvalue weighted by atomic mass is 10.2. The largest absolute Gasteiger partial charge is 0.399 e. The Bertz CT molecular complexity index is 296. The van der Waals surface area contributed by atoms with Gasteiger partial charge in [-0.15, -0.1) is 11.8 Å². The van der Waals surface area contributed by atoms with Crippen LogP contribution < -0.4 is 5.73 Å². The van der Waals surface area contributed by atoms with Crippen molar-refractivity contribution in [3.63, 3.8) is 0 Å². The lowest BCUT2D eigenvalue weighted by molar-refractivity contribution is 0.637. The molecule has 1 nitrogen and oxygen atoms in total. The third-order valence-electron chi connectivity index (χ3n) is 2.42. The molecule has 78 valence electrons. The molecule has 0 aliphatic carbocycles. The van der Waals surface area contributed by atoms with E-state index in [1.165, 1.54) is 22.6 Å². The molecule has 14 heavy (non-hydrogen) atoms. The maximum atomic E-state index is 5.70. The van der Waals surface area contributed by atoms with E-state index in [1.54, 1.807) is 0 Å². The summed E-state index contributed by atoms with van der Waals surface area (Å²) in [5.41, 5.74) is 7.85. The van der Waals surface area contributed by atoms with Crippen LogP contribution in [-0.4, -0.2) is 5.75 Å². The maximum absolute atomic E-state index is 5.70. The first-order chi connectivity index (χ1) is 6.63. The topological polar surface area (TPSA) is 26.0 Å². The van der Waals surface area contributed by atoms with E-state index in [1.807, 2.05) is 23.9 Å². The molecule has 0 bridgehead atoms. The van der Waals surface area contributed by atoms with Crippen molar-refractivity contribution in [1.82, 2.24) is 0 Å². The van der Waals surface area contributed by atoms with Crippen LogP contribution in [0.3, 0.4) is 0 Å². The highest BCUT2D eigenvalue weighted by Crippen LogP contribution is 2.26. The van der Waals surface area contributed by atoms with Gasteiger partial charge in [-0.25, -0.2) is 0 Å². The Balaban J connectivity index is 2.59. The Hall–Kier alpha value is -0.630. The zero-order valence-electron chi connectivity index (χ0n) is 9.21. The van der Waals surface area contributed by atoms with Crippen LogP contribution in [-0.2, 0) is 0 Å². The molecule has 0 amide bonds. The highest BCUT2D eigenvalue weighted by molar-refractivity contribution is 7.99. The predicted octanol–water partition coefficient (Wildman–Crippen LogP) is 3.72. The zero-order valence-corrected chi connectivity index (χ0v) is 10.0. The lowest BCUT2D eigenvalue weighted by Gasteiger charge is -2.10. The molecule has 2 heteroatoms. The van der Waals surface area contributed by atoms with Gasteiger partial charge >= 0.3 is 0 Å². The van der Waals surface area contributed by atoms with E-state index in [-0.39, 0.29) is 0 Å². The van der Waals surface area contributed by atoms with Gasteiger partial charge < -0.3 is 5.73 Å². The summed E-state index contributed by atoms with van der Waals surface area (Å²) in [7, 11) is 0. The van der Waals surface area contributed by atoms with Crippen LogP contribution in [0.2, 0.25) is 0 Å². The van der Waals surface area contributed by atoms with Gasteiger partial charge in [0.05, 0.1) is 0 Å². The summed E-state index contributed by atoms with van der Waals surface area (Å²) in [5, 5.41) is 0. The SMILES string of the molecule is CCC(C)CSc1ccc(N)cc1C. The molecular formula is C12H19NS. The molecule has 0 heterocycles. The van der Waals surface area contributed by atoms with Crippen LogP contribution in [0, 0.1) is 12.8 Å². The van der Waals surface area contributed by atoms with Crippen molar-refractivity contribution >= 4 is 17.4 Å². The smallest absolute Gasteiger partial charge is 0.0317 e. The molecule has 0 aliphatic rings. The third kappa shape index (κ3) is 3.26. The summed E-state index contributed by atoms with van der Waals surface area (Å²) in [6.07, 6.45) is 1.25. The van der Waals surface area contributed by atoms with E-state index in [0.717, 1.165) is 11.6 Å². The number of hydrogen-bond donors (Lipinski definition) is 1. The second kappa shape index (κ2) is 5.30. The van der Waals surface area contributed by atoms with Crippen LogP contribution in [0.15, 0.2) is 23.1 Å². The molecule has 1 rings (SSSR count). The number of anilines is 1. The van der Waals surface area contributed by atoms with Gasteiger partial charge in [-0.2, -0.15) is 0 Å². The minimum absolute atomic E-state index is 0.789. The summed E-state index contributed by atoms with van der Waals surface area (Å²) in [6, 6.07) is 6.14. The summed E-state index contributed by atoms with van der Waals surface area (Å²) >= 11 is 1.93. The average molecular weight is 209 g/mol. The van der Waals surface area contributed by atoms with Crippen LogP contribution in [0.5, 0.6) is 0 Å². The fourth-order valence-electron chi connectivity index (χ4n) is 1.18. The van der Waals surface area contributed by atoms with Crippen molar-refractivity contribution in [2.24, 2.45) is 5.92 Å². The van der Waals surface area contributed by atoms with Gasteiger partial charge in [0.1, 0.15) is 0 Å². The highest BCUT2D eigenvalue weighted by atomic mass is 32.2. The Morgan fingerprint density at radius 3 is 2.71 bits per heavy atom. The molecule has 0 radical (unpaired) electrons. The molecule has 2 N–H and O–H groups in total. The quantitative estimate of drug-likeness (QED) is 0.604. The van der Waals surface area contributed by atoms with Crippen molar-refractivity contribution in [3.05, 3.63) is 23.8 Å². The van der Waals surface area contributed by atoms with Crippen molar-refractivity contribution < 1.29 is 0 Å². The fourth-order valence-corrected chi connectivity index (χ4v) is 2.34. The van der Waals surface area contributed by atoms with Gasteiger partial charge in [0.2, 0.25) is 0 Å². The van der Waals surface area contributed by atoms with Crippen molar-refractivity contribution in [2.45, 2.75) is 32.1 Å². The minimum Gasteiger partial charge on any atom is -0.399 e. The number of benzene rings is 1. The van der Waals surface area contributed by atoms with Gasteiger partial charge in [-0.1, -0.05) is 20.3 Å². The molecule has 0 aromatic heterocycles. The first-order valence-electron chi connectivity index (χ1n) is 5.12. The van der Waals surface area contributed by atoms with Crippen molar-refractivity contribution in [3.8, 4) is 0 Å². The lowest BCUT2D eigenvalue weighted by Crippen LogP contribution is -1.96. The molecule has 0 saturated heterocycles. The Kier molecular flexibility index (Phi) is 4.33. The van der Waals surface area contributed by atoms with Crippen LogP contribution in [0.4, 0.5) is 5.69 Å². The fraction of sp³-hybridized carbons (Fsp3) is 0.500. The van der Waals surface area contributed by atoms with E-state index in [2.05, 4.69) is 26.8 Å². The van der Waals surface area contributed by atoms with E-state index >= 15 is 0 Å². The van der Waals surface area contributed by atoms with Gasteiger partial charge in [0.25, 0.3) is 0 Å². The third-order valence-corrected chi connectivity index (χ3v) is 3.92. The first-order valence-corrected chi connectivity index (χ1v) is 6.11. The highest BCUT2D eigenvalue weighted by Gasteiger charge is 2.03. The van der Waals surface area contributed by atoms with E-state index in [9.17, 15) is 0 Å². The van der Waals surface area contributed by atoms with Crippen LogP contribution in [0.25, 0.3) is 0 Å². The molecule has 0 fully saturated rings. The number of hydrogen-bond acceptors (Lipinski definition) is 2. The summed E-state index contributed by atoms with van der Waals surface area (Å²) in [4.78, 5) is 1.36. The first kappa shape index (κ1) is 11.4. The molecule has 1 aromatic rings. The minimum atomic E-state index is 0.789. The number of rotatable bonds is 4. The van der Waals surface area contributed by atoms with Gasteiger partial charge in [0.15, 0.2) is 0 Å². The van der Waals surface area contributed by atoms with Crippen LogP contribution in [0.1, 0.15) is 25.8 Å². The molecule has 1 unspecified atom stereocenters. The average Bonchev–Trinajstić information content (AvgIpc) is 2.16. The Morgan fingerprint density at radius 2 is 2.14 bits per heavy atom. The molecule has 0 saturated carbocycles. The second-order valence-electron chi connectivity index (χ2n) is 3.85. The number of thioether (sulfide) groups is 1. The number of nitrogens with two attached hydrogens (primary N) is 1. The molecule has 0 aliphatic heterocycles. The van der Waals surface area contributed by atoms with Gasteiger partial charge in [0, 0.05) is 16.3 Å². The van der Waals surface area contributed by atoms with Gasteiger partial charge in [-0.3, -0.25) is 0 Å². The van der Waals surface area contributed by atoms with E-state index < -0.39 is 0 Å². The molecule has 1 aromatic carbocycles. The molecule has 1 atom stereocenters. The van der Waals surface area contributed by atoms with Crippen molar-refractivity contribution in [1.29, 1.82) is 0 Å². The number of aryl methyl sites for hydroxylation is 1. The van der Waals surface area contributed by atoms with Crippen LogP contribution >= 0.6 is 11.8 Å². The zero-order chi connectivity index (χ0) is 10.6. The predicted molar refractivity (Wildman–Crippen MR) is 65.8 cm³/mol. The second-order valence-corrected chi connectivity index (χ2v) is 4.91. The monoisotopic (exact) mass is 209 g/mol. The van der Waals surface area contributed by atoms with E-state index in [4.69, 9.17) is 5.73 Å². The summed E-state index contributed by atoms with van der Waals surface area (Å²) < 4.78 is 0.